The summed E-state index contributed by atoms with van der Waals surface area (Å²) in [5, 5.41) is 10.9. The standard InChI is InChI=1S/C22H33BO4/c1-20-9-6-15(24)12-14(20)4-5-16-17(20)7-10-21(2)18(16)8-11-22(21)19(25)13-26-23(3)27-22/h12,16-19,25H,4-11,13H2,1-3H3/t16-,17+,18+,19+,20+,21+,22+/m1/s1. The van der Waals surface area contributed by atoms with Crippen molar-refractivity contribution in [3.63, 3.8) is 0 Å². The van der Waals surface area contributed by atoms with Crippen LogP contribution in [-0.4, -0.2) is 36.3 Å². The van der Waals surface area contributed by atoms with Crippen LogP contribution in [-0.2, 0) is 14.1 Å². The second-order valence-corrected chi connectivity index (χ2v) is 10.4. The van der Waals surface area contributed by atoms with E-state index in [2.05, 4.69) is 13.8 Å². The quantitative estimate of drug-likeness (QED) is 0.658. The molecule has 0 amide bonds. The first-order chi connectivity index (χ1) is 12.8. The molecule has 0 aromatic carbocycles. The van der Waals surface area contributed by atoms with Crippen LogP contribution in [0.2, 0.25) is 6.82 Å². The van der Waals surface area contributed by atoms with E-state index in [9.17, 15) is 9.90 Å². The number of hydrogen-bond acceptors (Lipinski definition) is 4. The highest BCUT2D eigenvalue weighted by Gasteiger charge is 2.68. The molecule has 4 nitrogen and oxygen atoms in total. The average Bonchev–Trinajstić information content (AvgIpc) is 2.92. The third kappa shape index (κ3) is 2.31. The van der Waals surface area contributed by atoms with Crippen LogP contribution in [0.15, 0.2) is 11.6 Å². The van der Waals surface area contributed by atoms with Crippen molar-refractivity contribution >= 4 is 12.9 Å². The molecule has 1 aliphatic heterocycles. The molecular formula is C22H33BO4. The number of fused-ring (bicyclic) bond motifs is 6. The number of carbonyl (C=O) groups is 1. The minimum absolute atomic E-state index is 0.0215. The Morgan fingerprint density at radius 3 is 2.70 bits per heavy atom. The minimum Gasteiger partial charge on any atom is -0.408 e. The van der Waals surface area contributed by atoms with E-state index in [1.807, 2.05) is 12.9 Å². The summed E-state index contributed by atoms with van der Waals surface area (Å²) in [6.45, 7) is 7.18. The summed E-state index contributed by atoms with van der Waals surface area (Å²) < 4.78 is 12.0. The Bertz CT molecular complexity index is 692. The molecule has 1 spiro atoms. The molecule has 148 valence electrons. The van der Waals surface area contributed by atoms with Crippen LogP contribution < -0.4 is 0 Å². The van der Waals surface area contributed by atoms with Gasteiger partial charge in [0.05, 0.1) is 12.2 Å². The Morgan fingerprint density at radius 1 is 1.11 bits per heavy atom. The lowest BCUT2D eigenvalue weighted by Gasteiger charge is -2.61. The van der Waals surface area contributed by atoms with Gasteiger partial charge in [-0.05, 0) is 81.0 Å². The molecule has 1 heterocycles. The molecule has 0 bridgehead atoms. The molecule has 4 aliphatic carbocycles. The van der Waals surface area contributed by atoms with Gasteiger partial charge in [-0.3, -0.25) is 4.79 Å². The third-order valence-electron chi connectivity index (χ3n) is 9.55. The second-order valence-electron chi connectivity index (χ2n) is 10.4. The van der Waals surface area contributed by atoms with Gasteiger partial charge >= 0.3 is 7.12 Å². The normalized spacial score (nSPS) is 52.2. The summed E-state index contributed by atoms with van der Waals surface area (Å²) in [6.07, 6.45) is 9.86. The fourth-order valence-electron chi connectivity index (χ4n) is 8.10. The number of allylic oxidation sites excluding steroid dienone is 1. The van der Waals surface area contributed by atoms with Crippen LogP contribution in [0.3, 0.4) is 0 Å². The summed E-state index contributed by atoms with van der Waals surface area (Å²) in [6, 6.07) is 0. The van der Waals surface area contributed by atoms with Crippen molar-refractivity contribution in [3.8, 4) is 0 Å². The van der Waals surface area contributed by atoms with Crippen LogP contribution in [0.4, 0.5) is 0 Å². The average molecular weight is 372 g/mol. The van der Waals surface area contributed by atoms with Crippen LogP contribution in [0.25, 0.3) is 0 Å². The van der Waals surface area contributed by atoms with Gasteiger partial charge in [-0.25, -0.2) is 0 Å². The smallest absolute Gasteiger partial charge is 0.408 e. The monoisotopic (exact) mass is 372 g/mol. The highest BCUT2D eigenvalue weighted by molar-refractivity contribution is 6.42. The number of aliphatic hydroxyl groups is 1. The first-order valence-electron chi connectivity index (χ1n) is 11.0. The lowest BCUT2D eigenvalue weighted by molar-refractivity contribution is -0.196. The lowest BCUT2D eigenvalue weighted by atomic mass is 9.46. The molecule has 5 rings (SSSR count). The molecule has 0 aromatic heterocycles. The Hall–Kier alpha value is -0.645. The molecular weight excluding hydrogens is 339 g/mol. The molecule has 4 fully saturated rings. The highest BCUT2D eigenvalue weighted by atomic mass is 16.6. The fraction of sp³-hybridized carbons (Fsp3) is 0.864. The van der Waals surface area contributed by atoms with Gasteiger partial charge in [-0.2, -0.15) is 0 Å². The first kappa shape index (κ1) is 18.4. The van der Waals surface area contributed by atoms with Crippen LogP contribution in [0.5, 0.6) is 0 Å². The zero-order valence-corrected chi connectivity index (χ0v) is 17.0. The zero-order valence-electron chi connectivity index (χ0n) is 17.0. The van der Waals surface area contributed by atoms with Crippen molar-refractivity contribution < 1.29 is 19.2 Å². The maximum atomic E-state index is 12.0. The summed E-state index contributed by atoms with van der Waals surface area (Å²) in [4.78, 5) is 12.0. The SMILES string of the molecule is CB1OC[C@H](O)[C@]2(CC[C@H]3[C@@H]4CCC5=CC(=O)CC[C@]5(C)[C@H]4CC[C@@]32C)O1. The van der Waals surface area contributed by atoms with Crippen molar-refractivity contribution in [2.75, 3.05) is 6.61 Å². The van der Waals surface area contributed by atoms with Gasteiger partial charge in [0.2, 0.25) is 0 Å². The lowest BCUT2D eigenvalue weighted by Crippen LogP contribution is -2.64. The van der Waals surface area contributed by atoms with Crippen LogP contribution in [0, 0.1) is 28.6 Å². The van der Waals surface area contributed by atoms with Crippen molar-refractivity contribution in [2.45, 2.75) is 83.7 Å². The third-order valence-corrected chi connectivity index (χ3v) is 9.55. The number of carbonyl (C=O) groups excluding carboxylic acids is 1. The molecule has 1 saturated heterocycles. The number of rotatable bonds is 0. The predicted octanol–water partition coefficient (Wildman–Crippen LogP) is 3.78. The van der Waals surface area contributed by atoms with E-state index in [1.54, 1.807) is 0 Å². The van der Waals surface area contributed by atoms with Gasteiger partial charge in [0, 0.05) is 11.8 Å². The van der Waals surface area contributed by atoms with Gasteiger partial charge in [0.25, 0.3) is 0 Å². The van der Waals surface area contributed by atoms with Crippen LogP contribution in [0.1, 0.15) is 65.2 Å². The summed E-state index contributed by atoms with van der Waals surface area (Å²) in [5.74, 6) is 2.29. The van der Waals surface area contributed by atoms with E-state index in [0.29, 0.717) is 36.6 Å². The molecule has 0 radical (unpaired) electrons. The Labute approximate surface area is 163 Å². The number of ketones is 1. The highest BCUT2D eigenvalue weighted by Crippen LogP contribution is 2.69. The van der Waals surface area contributed by atoms with Crippen molar-refractivity contribution in [1.29, 1.82) is 0 Å². The van der Waals surface area contributed by atoms with E-state index in [0.717, 1.165) is 32.1 Å². The van der Waals surface area contributed by atoms with E-state index >= 15 is 0 Å². The topological polar surface area (TPSA) is 55.8 Å². The van der Waals surface area contributed by atoms with Gasteiger partial charge in [0.1, 0.15) is 6.10 Å². The summed E-state index contributed by atoms with van der Waals surface area (Å²) >= 11 is 0. The maximum Gasteiger partial charge on any atom is 0.454 e. The summed E-state index contributed by atoms with van der Waals surface area (Å²) in [7, 11) is -0.232. The molecule has 0 unspecified atom stereocenters. The van der Waals surface area contributed by atoms with Crippen LogP contribution >= 0.6 is 0 Å². The second kappa shape index (κ2) is 5.93. The van der Waals surface area contributed by atoms with Crippen molar-refractivity contribution in [1.82, 2.24) is 0 Å². The Morgan fingerprint density at radius 2 is 1.89 bits per heavy atom. The zero-order chi connectivity index (χ0) is 19.0. The molecule has 7 atom stereocenters. The number of aliphatic hydroxyl groups excluding tert-OH is 1. The predicted molar refractivity (Wildman–Crippen MR) is 104 cm³/mol. The largest absolute Gasteiger partial charge is 0.454 e. The minimum atomic E-state index is -0.526. The van der Waals surface area contributed by atoms with Crippen molar-refractivity contribution in [2.24, 2.45) is 28.6 Å². The fourth-order valence-corrected chi connectivity index (χ4v) is 8.10. The Balaban J connectivity index is 1.49. The molecule has 5 heteroatoms. The number of hydrogen-bond donors (Lipinski definition) is 1. The van der Waals surface area contributed by atoms with Gasteiger partial charge < -0.3 is 14.4 Å². The van der Waals surface area contributed by atoms with Gasteiger partial charge in [-0.1, -0.05) is 19.4 Å². The van der Waals surface area contributed by atoms with Crippen molar-refractivity contribution in [3.05, 3.63) is 11.6 Å². The molecule has 27 heavy (non-hydrogen) atoms. The molecule has 1 N–H and O–H groups in total. The van der Waals surface area contributed by atoms with E-state index < -0.39 is 11.7 Å². The van der Waals surface area contributed by atoms with Gasteiger partial charge in [0.15, 0.2) is 5.78 Å². The van der Waals surface area contributed by atoms with E-state index in [4.69, 9.17) is 9.31 Å². The molecule has 3 saturated carbocycles. The van der Waals surface area contributed by atoms with E-state index in [-0.39, 0.29) is 17.9 Å². The Kier molecular flexibility index (Phi) is 4.04. The molecule has 0 aromatic rings. The van der Waals surface area contributed by atoms with Gasteiger partial charge in [-0.15, -0.1) is 0 Å². The first-order valence-corrected chi connectivity index (χ1v) is 11.0. The maximum absolute atomic E-state index is 12.0. The molecule has 5 aliphatic rings. The summed E-state index contributed by atoms with van der Waals surface area (Å²) in [5.41, 5.74) is 1.21. The van der Waals surface area contributed by atoms with E-state index in [1.165, 1.54) is 18.4 Å².